The van der Waals surface area contributed by atoms with Gasteiger partial charge in [0.05, 0.1) is 0 Å². The summed E-state index contributed by atoms with van der Waals surface area (Å²) in [5.74, 6) is 0.763. The second kappa shape index (κ2) is 4.75. The van der Waals surface area contributed by atoms with E-state index in [1.807, 2.05) is 12.1 Å². The fourth-order valence-corrected chi connectivity index (χ4v) is 0.975. The zero-order valence-corrected chi connectivity index (χ0v) is 7.75. The van der Waals surface area contributed by atoms with Crippen LogP contribution >= 0.6 is 0 Å². The van der Waals surface area contributed by atoms with Gasteiger partial charge < -0.3 is 5.32 Å². The van der Waals surface area contributed by atoms with Crippen LogP contribution in [0, 0.1) is 5.92 Å². The fourth-order valence-electron chi connectivity index (χ4n) is 0.975. The first-order chi connectivity index (χ1) is 5.79. The Morgan fingerprint density at radius 3 is 2.58 bits per heavy atom. The van der Waals surface area contributed by atoms with Gasteiger partial charge in [0.15, 0.2) is 0 Å². The number of nitrogens with zero attached hydrogens (tertiary/aromatic N) is 1. The lowest BCUT2D eigenvalue weighted by molar-refractivity contribution is 0.607. The Kier molecular flexibility index (Phi) is 3.58. The summed E-state index contributed by atoms with van der Waals surface area (Å²) >= 11 is 0. The van der Waals surface area contributed by atoms with Crippen molar-refractivity contribution in [2.24, 2.45) is 5.92 Å². The number of pyridine rings is 1. The highest BCUT2D eigenvalue weighted by Gasteiger charge is 1.93. The highest BCUT2D eigenvalue weighted by atomic mass is 14.9. The standard InChI is InChI=1S/C10H16N2/c1-9(2)3-8-12-10-4-6-11-7-5-10/h4-7,9H,3,8H2,1-2H3,(H,11,12). The number of hydrogen-bond acceptors (Lipinski definition) is 2. The lowest BCUT2D eigenvalue weighted by atomic mass is 10.1. The first-order valence-electron chi connectivity index (χ1n) is 4.43. The van der Waals surface area contributed by atoms with E-state index in [-0.39, 0.29) is 0 Å². The van der Waals surface area contributed by atoms with E-state index in [0.717, 1.165) is 18.2 Å². The Morgan fingerprint density at radius 2 is 2.00 bits per heavy atom. The molecule has 66 valence electrons. The quantitative estimate of drug-likeness (QED) is 0.739. The molecule has 0 saturated carbocycles. The van der Waals surface area contributed by atoms with Crippen LogP contribution in [0.1, 0.15) is 20.3 Å². The van der Waals surface area contributed by atoms with Crippen molar-refractivity contribution in [1.82, 2.24) is 4.98 Å². The van der Waals surface area contributed by atoms with Gasteiger partial charge in [0, 0.05) is 24.6 Å². The van der Waals surface area contributed by atoms with Gasteiger partial charge in [0.2, 0.25) is 0 Å². The van der Waals surface area contributed by atoms with Crippen molar-refractivity contribution in [3.8, 4) is 0 Å². The van der Waals surface area contributed by atoms with Crippen LogP contribution in [0.5, 0.6) is 0 Å². The van der Waals surface area contributed by atoms with Crippen molar-refractivity contribution < 1.29 is 0 Å². The van der Waals surface area contributed by atoms with Gasteiger partial charge in [0.25, 0.3) is 0 Å². The maximum atomic E-state index is 3.95. The average Bonchev–Trinajstić information content (AvgIpc) is 2.05. The largest absolute Gasteiger partial charge is 0.385 e. The molecular formula is C10H16N2. The molecule has 1 N–H and O–H groups in total. The third-order valence-electron chi connectivity index (χ3n) is 1.73. The van der Waals surface area contributed by atoms with Crippen molar-refractivity contribution in [2.45, 2.75) is 20.3 Å². The van der Waals surface area contributed by atoms with Crippen LogP contribution in [-0.2, 0) is 0 Å². The molecule has 0 aliphatic carbocycles. The van der Waals surface area contributed by atoms with Crippen LogP contribution in [0.15, 0.2) is 24.5 Å². The highest BCUT2D eigenvalue weighted by Crippen LogP contribution is 2.05. The number of anilines is 1. The second-order valence-corrected chi connectivity index (χ2v) is 3.35. The molecule has 2 heteroatoms. The molecule has 0 amide bonds. The van der Waals surface area contributed by atoms with Crippen molar-refractivity contribution >= 4 is 5.69 Å². The molecular weight excluding hydrogens is 148 g/mol. The molecule has 0 bridgehead atoms. The molecule has 0 radical (unpaired) electrons. The minimum atomic E-state index is 0.763. The van der Waals surface area contributed by atoms with Crippen LogP contribution in [-0.4, -0.2) is 11.5 Å². The number of nitrogens with one attached hydrogen (secondary N) is 1. The summed E-state index contributed by atoms with van der Waals surface area (Å²) in [5, 5.41) is 3.34. The molecule has 12 heavy (non-hydrogen) atoms. The predicted octanol–water partition coefficient (Wildman–Crippen LogP) is 2.54. The van der Waals surface area contributed by atoms with Crippen LogP contribution in [0.25, 0.3) is 0 Å². The summed E-state index contributed by atoms with van der Waals surface area (Å²) in [6.07, 6.45) is 4.82. The topological polar surface area (TPSA) is 24.9 Å². The summed E-state index contributed by atoms with van der Waals surface area (Å²) in [7, 11) is 0. The van der Waals surface area contributed by atoms with Gasteiger partial charge in [-0.1, -0.05) is 13.8 Å². The number of hydrogen-bond donors (Lipinski definition) is 1. The van der Waals surface area contributed by atoms with Gasteiger partial charge in [-0.2, -0.15) is 0 Å². The van der Waals surface area contributed by atoms with Crippen LogP contribution < -0.4 is 5.32 Å². The van der Waals surface area contributed by atoms with E-state index < -0.39 is 0 Å². The fraction of sp³-hybridized carbons (Fsp3) is 0.500. The average molecular weight is 164 g/mol. The Bertz CT molecular complexity index is 206. The van der Waals surface area contributed by atoms with Crippen molar-refractivity contribution in [3.05, 3.63) is 24.5 Å². The van der Waals surface area contributed by atoms with E-state index >= 15 is 0 Å². The van der Waals surface area contributed by atoms with Gasteiger partial charge in [0.1, 0.15) is 0 Å². The first-order valence-corrected chi connectivity index (χ1v) is 4.43. The molecule has 0 spiro atoms. The van der Waals surface area contributed by atoms with Crippen LogP contribution in [0.4, 0.5) is 5.69 Å². The molecule has 0 aliphatic rings. The molecule has 1 aromatic rings. The SMILES string of the molecule is CC(C)CCNc1ccncc1. The Labute approximate surface area is 74.0 Å². The minimum absolute atomic E-state index is 0.763. The first kappa shape index (κ1) is 9.04. The normalized spacial score (nSPS) is 10.2. The molecule has 1 aromatic heterocycles. The number of rotatable bonds is 4. The van der Waals surface area contributed by atoms with Gasteiger partial charge in [-0.05, 0) is 24.5 Å². The lowest BCUT2D eigenvalue weighted by Gasteiger charge is -2.07. The number of aromatic nitrogens is 1. The molecule has 2 nitrogen and oxygen atoms in total. The molecule has 1 heterocycles. The van der Waals surface area contributed by atoms with Gasteiger partial charge in [-0.25, -0.2) is 0 Å². The Morgan fingerprint density at radius 1 is 1.33 bits per heavy atom. The van der Waals surface area contributed by atoms with Crippen LogP contribution in [0.3, 0.4) is 0 Å². The third-order valence-corrected chi connectivity index (χ3v) is 1.73. The zero-order valence-electron chi connectivity index (χ0n) is 7.75. The summed E-state index contributed by atoms with van der Waals surface area (Å²) in [6, 6.07) is 3.97. The molecule has 0 unspecified atom stereocenters. The van der Waals surface area contributed by atoms with Crippen molar-refractivity contribution in [3.63, 3.8) is 0 Å². The smallest absolute Gasteiger partial charge is 0.0371 e. The van der Waals surface area contributed by atoms with E-state index in [1.54, 1.807) is 12.4 Å². The zero-order chi connectivity index (χ0) is 8.81. The highest BCUT2D eigenvalue weighted by molar-refractivity contribution is 5.40. The summed E-state index contributed by atoms with van der Waals surface area (Å²) in [4.78, 5) is 3.95. The summed E-state index contributed by atoms with van der Waals surface area (Å²) < 4.78 is 0. The van der Waals surface area contributed by atoms with Crippen molar-refractivity contribution in [2.75, 3.05) is 11.9 Å². The van der Waals surface area contributed by atoms with Crippen molar-refractivity contribution in [1.29, 1.82) is 0 Å². The minimum Gasteiger partial charge on any atom is -0.385 e. The molecule has 1 rings (SSSR count). The Hall–Kier alpha value is -1.05. The summed E-state index contributed by atoms with van der Waals surface area (Å²) in [6.45, 7) is 5.50. The molecule has 0 aromatic carbocycles. The van der Waals surface area contributed by atoms with Gasteiger partial charge in [-0.15, -0.1) is 0 Å². The molecule has 0 saturated heterocycles. The van der Waals surface area contributed by atoms with E-state index in [4.69, 9.17) is 0 Å². The van der Waals surface area contributed by atoms with Crippen LogP contribution in [0.2, 0.25) is 0 Å². The Balaban J connectivity index is 2.25. The monoisotopic (exact) mass is 164 g/mol. The lowest BCUT2D eigenvalue weighted by Crippen LogP contribution is -2.04. The van der Waals surface area contributed by atoms with Gasteiger partial charge in [-0.3, -0.25) is 4.98 Å². The van der Waals surface area contributed by atoms with Gasteiger partial charge >= 0.3 is 0 Å². The van der Waals surface area contributed by atoms with E-state index in [0.29, 0.717) is 0 Å². The predicted molar refractivity (Wildman–Crippen MR) is 52.2 cm³/mol. The molecule has 0 aliphatic heterocycles. The van der Waals surface area contributed by atoms with E-state index in [1.165, 1.54) is 6.42 Å². The van der Waals surface area contributed by atoms with E-state index in [9.17, 15) is 0 Å². The third kappa shape index (κ3) is 3.37. The maximum absolute atomic E-state index is 3.95. The summed E-state index contributed by atoms with van der Waals surface area (Å²) in [5.41, 5.74) is 1.16. The second-order valence-electron chi connectivity index (χ2n) is 3.35. The van der Waals surface area contributed by atoms with E-state index in [2.05, 4.69) is 24.1 Å². The molecule has 0 atom stereocenters. The molecule has 0 fully saturated rings. The maximum Gasteiger partial charge on any atom is 0.0371 e.